The van der Waals surface area contributed by atoms with Crippen molar-refractivity contribution in [3.05, 3.63) is 36.4 Å². The molecule has 1 aromatic heterocycles. The van der Waals surface area contributed by atoms with E-state index in [1.54, 1.807) is 7.11 Å². The van der Waals surface area contributed by atoms with Crippen molar-refractivity contribution in [3.8, 4) is 0 Å². The minimum atomic E-state index is 0. The number of benzene rings is 1. The highest BCUT2D eigenvalue weighted by atomic mass is 127. The summed E-state index contributed by atoms with van der Waals surface area (Å²) >= 11 is 0. The molecule has 0 fully saturated rings. The summed E-state index contributed by atoms with van der Waals surface area (Å²) in [7, 11) is 1.67. The second-order valence-electron chi connectivity index (χ2n) is 5.96. The van der Waals surface area contributed by atoms with Crippen LogP contribution < -0.4 is 16.0 Å². The Morgan fingerprint density at radius 3 is 2.71 bits per heavy atom. The van der Waals surface area contributed by atoms with Crippen molar-refractivity contribution in [2.75, 3.05) is 58.4 Å². The SMILES string of the molecule is CCNC(=NCCCOCCOC)NCCNc1ccc2ccccc2n1.I. The molecule has 7 nitrogen and oxygen atoms in total. The zero-order chi connectivity index (χ0) is 19.2. The third-order valence-electron chi connectivity index (χ3n) is 3.81. The number of aromatic nitrogens is 1. The summed E-state index contributed by atoms with van der Waals surface area (Å²) in [5, 5.41) is 11.1. The first-order valence-electron chi connectivity index (χ1n) is 9.52. The van der Waals surface area contributed by atoms with E-state index in [1.165, 1.54) is 0 Å². The molecular formula is C20H32IN5O2. The van der Waals surface area contributed by atoms with Gasteiger partial charge in [0, 0.05) is 45.3 Å². The molecule has 0 saturated carbocycles. The molecular weight excluding hydrogens is 469 g/mol. The van der Waals surface area contributed by atoms with Gasteiger partial charge in [-0.2, -0.15) is 0 Å². The molecule has 1 aromatic carbocycles. The zero-order valence-corrected chi connectivity index (χ0v) is 19.1. The van der Waals surface area contributed by atoms with Crippen LogP contribution in [0.2, 0.25) is 0 Å². The molecule has 0 saturated heterocycles. The molecule has 0 atom stereocenters. The van der Waals surface area contributed by atoms with Crippen molar-refractivity contribution < 1.29 is 9.47 Å². The summed E-state index contributed by atoms with van der Waals surface area (Å²) < 4.78 is 10.4. The van der Waals surface area contributed by atoms with Crippen LogP contribution in [0.25, 0.3) is 10.9 Å². The average Bonchev–Trinajstić information content (AvgIpc) is 2.70. The van der Waals surface area contributed by atoms with E-state index in [0.29, 0.717) is 19.8 Å². The van der Waals surface area contributed by atoms with Crippen LogP contribution in [0.1, 0.15) is 13.3 Å². The van der Waals surface area contributed by atoms with Crippen molar-refractivity contribution in [1.29, 1.82) is 0 Å². The minimum absolute atomic E-state index is 0. The Morgan fingerprint density at radius 2 is 1.89 bits per heavy atom. The van der Waals surface area contributed by atoms with Gasteiger partial charge in [-0.15, -0.1) is 24.0 Å². The van der Waals surface area contributed by atoms with E-state index in [1.807, 2.05) is 24.3 Å². The van der Waals surface area contributed by atoms with Gasteiger partial charge in [0.15, 0.2) is 5.96 Å². The maximum absolute atomic E-state index is 5.44. The Kier molecular flexibility index (Phi) is 13.3. The fourth-order valence-corrected chi connectivity index (χ4v) is 2.48. The number of hydrogen-bond donors (Lipinski definition) is 3. The van der Waals surface area contributed by atoms with Gasteiger partial charge >= 0.3 is 0 Å². The summed E-state index contributed by atoms with van der Waals surface area (Å²) in [5.41, 5.74) is 0.998. The van der Waals surface area contributed by atoms with Crippen LogP contribution in [0.3, 0.4) is 0 Å². The Morgan fingerprint density at radius 1 is 1.04 bits per heavy atom. The molecule has 156 valence electrons. The molecule has 0 bridgehead atoms. The van der Waals surface area contributed by atoms with Crippen molar-refractivity contribution in [3.63, 3.8) is 0 Å². The first kappa shape index (κ1) is 24.4. The monoisotopic (exact) mass is 501 g/mol. The summed E-state index contributed by atoms with van der Waals surface area (Å²) in [5.74, 6) is 1.70. The second-order valence-corrected chi connectivity index (χ2v) is 5.96. The molecule has 0 spiro atoms. The third kappa shape index (κ3) is 9.52. The molecule has 28 heavy (non-hydrogen) atoms. The first-order chi connectivity index (χ1) is 13.3. The maximum atomic E-state index is 5.44. The van der Waals surface area contributed by atoms with Gasteiger partial charge in [-0.1, -0.05) is 18.2 Å². The van der Waals surface area contributed by atoms with Gasteiger partial charge in [-0.05, 0) is 31.5 Å². The number of methoxy groups -OCH3 is 1. The third-order valence-corrected chi connectivity index (χ3v) is 3.81. The Bertz CT molecular complexity index is 699. The van der Waals surface area contributed by atoms with Crippen LogP contribution >= 0.6 is 24.0 Å². The first-order valence-corrected chi connectivity index (χ1v) is 9.52. The fourth-order valence-electron chi connectivity index (χ4n) is 2.48. The van der Waals surface area contributed by atoms with Gasteiger partial charge in [0.05, 0.1) is 18.7 Å². The second kappa shape index (κ2) is 15.3. The molecule has 1 heterocycles. The van der Waals surface area contributed by atoms with Crippen molar-refractivity contribution >= 4 is 46.7 Å². The molecule has 0 aliphatic carbocycles. The van der Waals surface area contributed by atoms with E-state index < -0.39 is 0 Å². The minimum Gasteiger partial charge on any atom is -0.382 e. The lowest BCUT2D eigenvalue weighted by atomic mass is 10.2. The Hall–Kier alpha value is -1.65. The molecule has 2 aromatic rings. The van der Waals surface area contributed by atoms with Crippen molar-refractivity contribution in [2.24, 2.45) is 4.99 Å². The van der Waals surface area contributed by atoms with Gasteiger partial charge in [0.25, 0.3) is 0 Å². The van der Waals surface area contributed by atoms with Crippen LogP contribution in [-0.4, -0.2) is 64.1 Å². The van der Waals surface area contributed by atoms with Crippen LogP contribution in [0.15, 0.2) is 41.4 Å². The topological polar surface area (TPSA) is 79.8 Å². The van der Waals surface area contributed by atoms with E-state index in [4.69, 9.17) is 9.47 Å². The van der Waals surface area contributed by atoms with Crippen molar-refractivity contribution in [1.82, 2.24) is 15.6 Å². The van der Waals surface area contributed by atoms with Gasteiger partial charge in [0.1, 0.15) is 5.82 Å². The number of aliphatic imine (C=N–C) groups is 1. The van der Waals surface area contributed by atoms with E-state index in [0.717, 1.165) is 55.3 Å². The smallest absolute Gasteiger partial charge is 0.191 e. The molecule has 0 aliphatic heterocycles. The molecule has 0 unspecified atom stereocenters. The van der Waals surface area contributed by atoms with E-state index in [-0.39, 0.29) is 24.0 Å². The zero-order valence-electron chi connectivity index (χ0n) is 16.7. The van der Waals surface area contributed by atoms with Crippen LogP contribution in [-0.2, 0) is 9.47 Å². The van der Waals surface area contributed by atoms with Gasteiger partial charge in [-0.3, -0.25) is 4.99 Å². The molecule has 3 N–H and O–H groups in total. The normalized spacial score (nSPS) is 11.1. The quantitative estimate of drug-likeness (QED) is 0.180. The van der Waals surface area contributed by atoms with Crippen LogP contribution in [0.4, 0.5) is 5.82 Å². The lowest BCUT2D eigenvalue weighted by Gasteiger charge is -2.12. The van der Waals surface area contributed by atoms with E-state index >= 15 is 0 Å². The molecule has 0 amide bonds. The van der Waals surface area contributed by atoms with E-state index in [9.17, 15) is 0 Å². The number of guanidine groups is 1. The highest BCUT2D eigenvalue weighted by molar-refractivity contribution is 14.0. The number of nitrogens with zero attached hydrogens (tertiary/aromatic N) is 2. The van der Waals surface area contributed by atoms with Crippen molar-refractivity contribution in [2.45, 2.75) is 13.3 Å². The number of nitrogens with one attached hydrogen (secondary N) is 3. The van der Waals surface area contributed by atoms with Crippen LogP contribution in [0, 0.1) is 0 Å². The van der Waals surface area contributed by atoms with E-state index in [2.05, 4.69) is 45.0 Å². The van der Waals surface area contributed by atoms with Crippen LogP contribution in [0.5, 0.6) is 0 Å². The molecule has 0 aliphatic rings. The predicted molar refractivity (Wildman–Crippen MR) is 127 cm³/mol. The fraction of sp³-hybridized carbons (Fsp3) is 0.500. The lowest BCUT2D eigenvalue weighted by Crippen LogP contribution is -2.39. The average molecular weight is 501 g/mol. The molecule has 0 radical (unpaired) electrons. The molecule has 2 rings (SSSR count). The summed E-state index contributed by atoms with van der Waals surface area (Å²) in [6.45, 7) is 7.08. The number of halogens is 1. The predicted octanol–water partition coefficient (Wildman–Crippen LogP) is 2.87. The number of hydrogen-bond acceptors (Lipinski definition) is 5. The number of rotatable bonds is 12. The highest BCUT2D eigenvalue weighted by Crippen LogP contribution is 2.13. The van der Waals surface area contributed by atoms with Gasteiger partial charge in [-0.25, -0.2) is 4.98 Å². The maximum Gasteiger partial charge on any atom is 0.191 e. The number of pyridine rings is 1. The Balaban J connectivity index is 0.00000392. The Labute approximate surface area is 184 Å². The molecule has 8 heteroatoms. The standard InChI is InChI=1S/C20H31N5O2.HI/c1-3-21-20(23-11-6-14-27-16-15-26-2)24-13-12-22-19-10-9-17-7-4-5-8-18(17)25-19;/h4-5,7-10H,3,6,11-16H2,1-2H3,(H,22,25)(H2,21,23,24);1H. The number of ether oxygens (including phenoxy) is 2. The summed E-state index contributed by atoms with van der Waals surface area (Å²) in [4.78, 5) is 9.17. The number of para-hydroxylation sites is 1. The van der Waals surface area contributed by atoms with Gasteiger partial charge in [0.2, 0.25) is 0 Å². The number of anilines is 1. The van der Waals surface area contributed by atoms with Gasteiger partial charge < -0.3 is 25.4 Å². The number of fused-ring (bicyclic) bond motifs is 1. The lowest BCUT2D eigenvalue weighted by molar-refractivity contribution is 0.0702. The largest absolute Gasteiger partial charge is 0.382 e. The summed E-state index contributed by atoms with van der Waals surface area (Å²) in [6.07, 6.45) is 0.888. The highest BCUT2D eigenvalue weighted by Gasteiger charge is 1.99. The summed E-state index contributed by atoms with van der Waals surface area (Å²) in [6, 6.07) is 12.2.